The summed E-state index contributed by atoms with van der Waals surface area (Å²) in [5.41, 5.74) is 1.33. The molecule has 0 atom stereocenters. The van der Waals surface area contributed by atoms with Gasteiger partial charge >= 0.3 is 5.97 Å². The molecular formula is C12H10F2N2O2. The molecule has 0 amide bonds. The fourth-order valence-corrected chi connectivity index (χ4v) is 1.70. The Labute approximate surface area is 101 Å². The van der Waals surface area contributed by atoms with Crippen molar-refractivity contribution in [2.24, 2.45) is 0 Å². The number of carboxylic acid groups (broad SMARTS) is 1. The zero-order chi connectivity index (χ0) is 13.3. The normalized spacial score (nSPS) is 12.1. The van der Waals surface area contributed by atoms with Gasteiger partial charge in [-0.25, -0.2) is 18.6 Å². The molecule has 2 aromatic rings. The Balaban J connectivity index is 2.41. The molecule has 0 bridgehead atoms. The van der Waals surface area contributed by atoms with Crippen LogP contribution in [0.2, 0.25) is 0 Å². The number of halogens is 2. The number of nitrogens with zero attached hydrogens (tertiary/aromatic N) is 2. The van der Waals surface area contributed by atoms with Crippen molar-refractivity contribution in [1.82, 2.24) is 9.55 Å². The number of hydrogen-bond acceptors (Lipinski definition) is 2. The minimum atomic E-state index is -1.05. The molecule has 18 heavy (non-hydrogen) atoms. The minimum Gasteiger partial charge on any atom is -0.478 e. The molecule has 6 heteroatoms. The molecule has 0 unspecified atom stereocenters. The van der Waals surface area contributed by atoms with Crippen molar-refractivity contribution in [2.45, 2.75) is 13.5 Å². The maximum Gasteiger partial charge on any atom is 0.328 e. The fourth-order valence-electron chi connectivity index (χ4n) is 1.70. The molecule has 0 aliphatic carbocycles. The lowest BCUT2D eigenvalue weighted by atomic mass is 10.2. The molecular weight excluding hydrogens is 242 g/mol. The van der Waals surface area contributed by atoms with Crippen LogP contribution in [0.5, 0.6) is 0 Å². The van der Waals surface area contributed by atoms with Gasteiger partial charge in [-0.05, 0) is 12.5 Å². The molecule has 1 heterocycles. The molecule has 0 saturated carbocycles. The molecule has 94 valence electrons. The van der Waals surface area contributed by atoms with Crippen molar-refractivity contribution in [3.05, 3.63) is 41.7 Å². The van der Waals surface area contributed by atoms with Crippen LogP contribution in [0, 0.1) is 11.6 Å². The predicted octanol–water partition coefficient (Wildman–Crippen LogP) is 2.35. The third-order valence-corrected chi connectivity index (χ3v) is 2.45. The van der Waals surface area contributed by atoms with Gasteiger partial charge in [-0.3, -0.25) is 0 Å². The number of aromatic nitrogens is 2. The lowest BCUT2D eigenvalue weighted by Gasteiger charge is -2.04. The molecule has 0 fully saturated rings. The summed E-state index contributed by atoms with van der Waals surface area (Å²) in [4.78, 5) is 14.4. The SMILES string of the molecule is CC(=CC(=O)O)Cn1cnc2cc(F)c(F)cc21. The molecule has 2 rings (SSSR count). The van der Waals surface area contributed by atoms with Crippen LogP contribution in [-0.4, -0.2) is 20.6 Å². The van der Waals surface area contributed by atoms with Crippen LogP contribution < -0.4 is 0 Å². The summed E-state index contributed by atoms with van der Waals surface area (Å²) in [5, 5.41) is 8.60. The number of fused-ring (bicyclic) bond motifs is 1. The fraction of sp³-hybridized carbons (Fsp3) is 0.167. The standard InChI is InChI=1S/C12H10F2N2O2/c1-7(2-12(17)18)5-16-6-15-10-3-8(13)9(14)4-11(10)16/h2-4,6H,5H2,1H3,(H,17,18). The Morgan fingerprint density at radius 1 is 1.44 bits per heavy atom. The summed E-state index contributed by atoms with van der Waals surface area (Å²) in [7, 11) is 0. The first-order chi connectivity index (χ1) is 8.47. The van der Waals surface area contributed by atoms with Gasteiger partial charge in [0.15, 0.2) is 11.6 Å². The molecule has 0 radical (unpaired) electrons. The Kier molecular flexibility index (Phi) is 3.10. The number of carboxylic acids is 1. The second kappa shape index (κ2) is 4.56. The first kappa shape index (κ1) is 12.2. The predicted molar refractivity (Wildman–Crippen MR) is 61.0 cm³/mol. The van der Waals surface area contributed by atoms with E-state index in [0.717, 1.165) is 18.2 Å². The lowest BCUT2D eigenvalue weighted by molar-refractivity contribution is -0.131. The average molecular weight is 252 g/mol. The first-order valence-corrected chi connectivity index (χ1v) is 5.17. The Morgan fingerprint density at radius 3 is 2.78 bits per heavy atom. The van der Waals surface area contributed by atoms with E-state index in [9.17, 15) is 13.6 Å². The lowest BCUT2D eigenvalue weighted by Crippen LogP contribution is -2.00. The zero-order valence-corrected chi connectivity index (χ0v) is 9.52. The number of aliphatic carboxylic acids is 1. The molecule has 0 saturated heterocycles. The van der Waals surface area contributed by atoms with E-state index in [-0.39, 0.29) is 6.54 Å². The van der Waals surface area contributed by atoms with Gasteiger partial charge in [-0.1, -0.05) is 0 Å². The third kappa shape index (κ3) is 2.37. The summed E-state index contributed by atoms with van der Waals surface area (Å²) >= 11 is 0. The van der Waals surface area contributed by atoms with Gasteiger partial charge in [-0.2, -0.15) is 0 Å². The van der Waals surface area contributed by atoms with Crippen molar-refractivity contribution < 1.29 is 18.7 Å². The first-order valence-electron chi connectivity index (χ1n) is 5.17. The van der Waals surface area contributed by atoms with Crippen LogP contribution in [0.3, 0.4) is 0 Å². The zero-order valence-electron chi connectivity index (χ0n) is 9.52. The van der Waals surface area contributed by atoms with Crippen LogP contribution in [0.25, 0.3) is 11.0 Å². The van der Waals surface area contributed by atoms with E-state index in [2.05, 4.69) is 4.98 Å². The number of carbonyl (C=O) groups is 1. The molecule has 0 spiro atoms. The van der Waals surface area contributed by atoms with E-state index >= 15 is 0 Å². The number of hydrogen-bond donors (Lipinski definition) is 1. The van der Waals surface area contributed by atoms with Gasteiger partial charge in [0, 0.05) is 24.8 Å². The van der Waals surface area contributed by atoms with Gasteiger partial charge in [-0.15, -0.1) is 0 Å². The molecule has 1 aromatic carbocycles. The van der Waals surface area contributed by atoms with Crippen LogP contribution in [0.1, 0.15) is 6.92 Å². The molecule has 0 aliphatic rings. The van der Waals surface area contributed by atoms with Gasteiger partial charge in [0.05, 0.1) is 17.4 Å². The van der Waals surface area contributed by atoms with Crippen molar-refractivity contribution >= 4 is 17.0 Å². The minimum absolute atomic E-state index is 0.258. The van der Waals surface area contributed by atoms with Gasteiger partial charge in [0.2, 0.25) is 0 Å². The summed E-state index contributed by atoms with van der Waals surface area (Å²) in [6.07, 6.45) is 2.48. The average Bonchev–Trinajstić information content (AvgIpc) is 2.61. The van der Waals surface area contributed by atoms with Gasteiger partial charge < -0.3 is 9.67 Å². The molecule has 1 N–H and O–H groups in total. The van der Waals surface area contributed by atoms with Crippen LogP contribution >= 0.6 is 0 Å². The topological polar surface area (TPSA) is 55.1 Å². The largest absolute Gasteiger partial charge is 0.478 e. The number of allylic oxidation sites excluding steroid dienone is 1. The van der Waals surface area contributed by atoms with Crippen molar-refractivity contribution in [3.63, 3.8) is 0 Å². The highest BCUT2D eigenvalue weighted by Crippen LogP contribution is 2.18. The van der Waals surface area contributed by atoms with Gasteiger partial charge in [0.1, 0.15) is 0 Å². The number of imidazole rings is 1. The molecule has 0 aliphatic heterocycles. The van der Waals surface area contributed by atoms with Gasteiger partial charge in [0.25, 0.3) is 0 Å². The highest BCUT2D eigenvalue weighted by molar-refractivity contribution is 5.80. The molecule has 1 aromatic heterocycles. The van der Waals surface area contributed by atoms with E-state index in [0.29, 0.717) is 16.6 Å². The summed E-state index contributed by atoms with van der Waals surface area (Å²) in [6.45, 7) is 1.90. The molecule has 4 nitrogen and oxygen atoms in total. The van der Waals surface area contributed by atoms with Crippen LogP contribution in [0.4, 0.5) is 8.78 Å². The highest BCUT2D eigenvalue weighted by Gasteiger charge is 2.09. The maximum atomic E-state index is 13.1. The third-order valence-electron chi connectivity index (χ3n) is 2.45. The van der Waals surface area contributed by atoms with E-state index in [1.165, 1.54) is 6.33 Å². The Bertz CT molecular complexity index is 647. The van der Waals surface area contributed by atoms with Crippen molar-refractivity contribution in [3.8, 4) is 0 Å². The van der Waals surface area contributed by atoms with E-state index in [4.69, 9.17) is 5.11 Å². The number of rotatable bonds is 3. The van der Waals surface area contributed by atoms with Crippen LogP contribution in [-0.2, 0) is 11.3 Å². The summed E-state index contributed by atoms with van der Waals surface area (Å²) in [6, 6.07) is 2.06. The van der Waals surface area contributed by atoms with Crippen molar-refractivity contribution in [2.75, 3.05) is 0 Å². The van der Waals surface area contributed by atoms with E-state index < -0.39 is 17.6 Å². The van der Waals surface area contributed by atoms with E-state index in [1.807, 2.05) is 0 Å². The maximum absolute atomic E-state index is 13.1. The Morgan fingerprint density at radius 2 is 2.11 bits per heavy atom. The van der Waals surface area contributed by atoms with Crippen LogP contribution in [0.15, 0.2) is 30.1 Å². The second-order valence-electron chi connectivity index (χ2n) is 3.96. The monoisotopic (exact) mass is 252 g/mol. The summed E-state index contributed by atoms with van der Waals surface area (Å²) in [5.74, 6) is -2.95. The summed E-state index contributed by atoms with van der Waals surface area (Å²) < 4.78 is 27.7. The second-order valence-corrected chi connectivity index (χ2v) is 3.96. The van der Waals surface area contributed by atoms with E-state index in [1.54, 1.807) is 11.5 Å². The van der Waals surface area contributed by atoms with Crippen molar-refractivity contribution in [1.29, 1.82) is 0 Å². The number of benzene rings is 1. The quantitative estimate of drug-likeness (QED) is 0.853. The Hall–Kier alpha value is -2.24. The highest BCUT2D eigenvalue weighted by atomic mass is 19.2. The smallest absolute Gasteiger partial charge is 0.328 e.